The molecule has 1 N–H and O–H groups in total. The minimum Gasteiger partial charge on any atom is -0.366 e. The zero-order valence-corrected chi connectivity index (χ0v) is 24.9. The molecule has 1 amide bonds. The number of alkyl halides is 3. The Labute approximate surface area is 258 Å². The standard InChI is InChI=1S/C33H31Cl2F3N4O/c34-28-7-3-6-25(31(28)35)22-10-13-29-26(17-22)27(32(43)42-16-4-5-24(42)20-41-14-1-2-15-41)18-30(40-29)39-19-21-8-11-23(12-9-21)33(36,37)38/h3,6-13,17-18,24H,1-2,4-5,14-16,19-20H2,(H,39,40)/t24-/m0/s1. The Morgan fingerprint density at radius 1 is 0.953 bits per heavy atom. The molecule has 1 atom stereocenters. The van der Waals surface area contributed by atoms with E-state index in [1.165, 1.54) is 25.0 Å². The fourth-order valence-electron chi connectivity index (χ4n) is 6.10. The van der Waals surface area contributed by atoms with Crippen molar-refractivity contribution < 1.29 is 18.0 Å². The molecule has 2 fully saturated rings. The molecule has 3 heterocycles. The summed E-state index contributed by atoms with van der Waals surface area (Å²) in [5.41, 5.74) is 2.69. The van der Waals surface area contributed by atoms with Crippen LogP contribution in [-0.4, -0.2) is 52.9 Å². The molecule has 0 unspecified atom stereocenters. The molecule has 0 bridgehead atoms. The fraction of sp³-hybridized carbons (Fsp3) is 0.333. The van der Waals surface area contributed by atoms with Crippen molar-refractivity contribution in [2.45, 2.75) is 44.4 Å². The molecule has 2 aliphatic rings. The molecule has 0 saturated carbocycles. The number of amides is 1. The first-order valence-corrected chi connectivity index (χ1v) is 15.3. The van der Waals surface area contributed by atoms with E-state index in [9.17, 15) is 18.0 Å². The number of nitrogens with one attached hydrogen (secondary N) is 1. The average Bonchev–Trinajstić information content (AvgIpc) is 3.69. The molecule has 0 aliphatic carbocycles. The van der Waals surface area contributed by atoms with Crippen LogP contribution in [0.25, 0.3) is 22.0 Å². The van der Waals surface area contributed by atoms with Crippen molar-refractivity contribution in [3.8, 4) is 11.1 Å². The highest BCUT2D eigenvalue weighted by molar-refractivity contribution is 6.43. The summed E-state index contributed by atoms with van der Waals surface area (Å²) in [6.07, 6.45) is -0.0856. The molecule has 10 heteroatoms. The smallest absolute Gasteiger partial charge is 0.366 e. The van der Waals surface area contributed by atoms with E-state index in [-0.39, 0.29) is 18.5 Å². The molecule has 43 heavy (non-hydrogen) atoms. The number of nitrogens with zero attached hydrogens (tertiary/aromatic N) is 3. The summed E-state index contributed by atoms with van der Waals surface area (Å²) in [6, 6.07) is 18.0. The van der Waals surface area contributed by atoms with Crippen LogP contribution >= 0.6 is 23.2 Å². The van der Waals surface area contributed by atoms with Crippen molar-refractivity contribution in [1.29, 1.82) is 0 Å². The highest BCUT2D eigenvalue weighted by Gasteiger charge is 2.33. The van der Waals surface area contributed by atoms with Crippen molar-refractivity contribution in [1.82, 2.24) is 14.8 Å². The number of pyridine rings is 1. The van der Waals surface area contributed by atoms with Gasteiger partial charge in [-0.1, -0.05) is 53.5 Å². The third-order valence-electron chi connectivity index (χ3n) is 8.36. The molecular formula is C33H31Cl2F3N4O. The lowest BCUT2D eigenvalue weighted by atomic mass is 9.99. The molecule has 6 rings (SSSR count). The van der Waals surface area contributed by atoms with E-state index in [0.717, 1.165) is 55.7 Å². The number of halogens is 5. The number of anilines is 1. The predicted octanol–water partition coefficient (Wildman–Crippen LogP) is 8.54. The first kappa shape index (κ1) is 29.7. The number of aromatic nitrogens is 1. The largest absolute Gasteiger partial charge is 0.416 e. The quantitative estimate of drug-likeness (QED) is 0.223. The number of hydrogen-bond acceptors (Lipinski definition) is 4. The van der Waals surface area contributed by atoms with Crippen molar-refractivity contribution in [3.63, 3.8) is 0 Å². The fourth-order valence-corrected chi connectivity index (χ4v) is 6.51. The van der Waals surface area contributed by atoms with Gasteiger partial charge in [0, 0.05) is 36.6 Å². The Kier molecular flexibility index (Phi) is 8.54. The van der Waals surface area contributed by atoms with Gasteiger partial charge in [0.1, 0.15) is 5.82 Å². The second kappa shape index (κ2) is 12.3. The van der Waals surface area contributed by atoms with Crippen LogP contribution in [-0.2, 0) is 12.7 Å². The summed E-state index contributed by atoms with van der Waals surface area (Å²) in [6.45, 7) is 3.95. The van der Waals surface area contributed by atoms with E-state index in [2.05, 4.69) is 10.2 Å². The van der Waals surface area contributed by atoms with E-state index in [4.69, 9.17) is 28.2 Å². The SMILES string of the molecule is O=C(c1cc(NCc2ccc(C(F)(F)F)cc2)nc2ccc(-c3cccc(Cl)c3Cl)cc12)N1CCC[C@H]1CN1CCCC1. The summed E-state index contributed by atoms with van der Waals surface area (Å²) >= 11 is 12.8. The maximum atomic E-state index is 14.3. The van der Waals surface area contributed by atoms with Gasteiger partial charge in [-0.05, 0) is 86.3 Å². The van der Waals surface area contributed by atoms with Gasteiger partial charge in [0.25, 0.3) is 5.91 Å². The molecule has 224 valence electrons. The second-order valence-corrected chi connectivity index (χ2v) is 12.0. The van der Waals surface area contributed by atoms with Gasteiger partial charge < -0.3 is 15.1 Å². The molecule has 4 aromatic rings. The first-order chi connectivity index (χ1) is 20.7. The lowest BCUT2D eigenvalue weighted by Crippen LogP contribution is -2.42. The van der Waals surface area contributed by atoms with Gasteiger partial charge in [0.2, 0.25) is 0 Å². The Morgan fingerprint density at radius 2 is 1.72 bits per heavy atom. The third kappa shape index (κ3) is 6.47. The monoisotopic (exact) mass is 626 g/mol. The molecule has 2 saturated heterocycles. The zero-order chi connectivity index (χ0) is 30.1. The molecule has 0 spiro atoms. The van der Waals surface area contributed by atoms with Gasteiger partial charge in [-0.15, -0.1) is 0 Å². The van der Waals surface area contributed by atoms with Crippen LogP contribution in [0.3, 0.4) is 0 Å². The third-order valence-corrected chi connectivity index (χ3v) is 9.18. The summed E-state index contributed by atoms with van der Waals surface area (Å²) in [5.74, 6) is 0.417. The number of carbonyl (C=O) groups excluding carboxylic acids is 1. The normalized spacial score (nSPS) is 17.6. The highest BCUT2D eigenvalue weighted by Crippen LogP contribution is 2.36. The minimum absolute atomic E-state index is 0.0546. The van der Waals surface area contributed by atoms with Gasteiger partial charge in [0.15, 0.2) is 0 Å². The van der Waals surface area contributed by atoms with Crippen LogP contribution < -0.4 is 5.32 Å². The maximum Gasteiger partial charge on any atom is 0.416 e. The molecule has 2 aliphatic heterocycles. The Bertz CT molecular complexity index is 1640. The number of rotatable bonds is 7. The number of carbonyl (C=O) groups is 1. The van der Waals surface area contributed by atoms with Crippen molar-refractivity contribution in [3.05, 3.63) is 93.5 Å². The lowest BCUT2D eigenvalue weighted by Gasteiger charge is -2.29. The van der Waals surface area contributed by atoms with E-state index >= 15 is 0 Å². The lowest BCUT2D eigenvalue weighted by molar-refractivity contribution is -0.137. The second-order valence-electron chi connectivity index (χ2n) is 11.2. The number of hydrogen-bond donors (Lipinski definition) is 1. The van der Waals surface area contributed by atoms with Crippen LogP contribution in [0.1, 0.15) is 47.2 Å². The Morgan fingerprint density at radius 3 is 2.47 bits per heavy atom. The molecule has 1 aromatic heterocycles. The van der Waals surface area contributed by atoms with Crippen LogP contribution in [0.5, 0.6) is 0 Å². The van der Waals surface area contributed by atoms with E-state index < -0.39 is 11.7 Å². The van der Waals surface area contributed by atoms with E-state index in [1.807, 2.05) is 35.2 Å². The van der Waals surface area contributed by atoms with Gasteiger partial charge in [-0.25, -0.2) is 4.98 Å². The average molecular weight is 628 g/mol. The van der Waals surface area contributed by atoms with Crippen LogP contribution in [0.2, 0.25) is 10.0 Å². The summed E-state index contributed by atoms with van der Waals surface area (Å²) < 4.78 is 39.0. The number of fused-ring (bicyclic) bond motifs is 1. The van der Waals surface area contributed by atoms with Crippen LogP contribution in [0, 0.1) is 0 Å². The summed E-state index contributed by atoms with van der Waals surface area (Å²) in [4.78, 5) is 23.5. The maximum absolute atomic E-state index is 14.3. The topological polar surface area (TPSA) is 48.5 Å². The Hall–Kier alpha value is -3.33. The van der Waals surface area contributed by atoms with Crippen molar-refractivity contribution >= 4 is 45.8 Å². The summed E-state index contributed by atoms with van der Waals surface area (Å²) in [7, 11) is 0. The number of likely N-dealkylation sites (tertiary alicyclic amines) is 2. The van der Waals surface area contributed by atoms with Crippen molar-refractivity contribution in [2.75, 3.05) is 31.5 Å². The predicted molar refractivity (Wildman–Crippen MR) is 166 cm³/mol. The van der Waals surface area contributed by atoms with Crippen molar-refractivity contribution in [2.24, 2.45) is 0 Å². The van der Waals surface area contributed by atoms with E-state index in [0.29, 0.717) is 44.4 Å². The minimum atomic E-state index is -4.39. The molecule has 3 aromatic carbocycles. The van der Waals surface area contributed by atoms with E-state index in [1.54, 1.807) is 12.1 Å². The van der Waals surface area contributed by atoms with Crippen LogP contribution in [0.4, 0.5) is 19.0 Å². The van der Waals surface area contributed by atoms with Crippen LogP contribution in [0.15, 0.2) is 66.7 Å². The zero-order valence-electron chi connectivity index (χ0n) is 23.4. The van der Waals surface area contributed by atoms with Gasteiger partial charge in [0.05, 0.1) is 26.7 Å². The first-order valence-electron chi connectivity index (χ1n) is 14.5. The Balaban J connectivity index is 1.35. The number of benzene rings is 3. The molecule has 0 radical (unpaired) electrons. The molecule has 5 nitrogen and oxygen atoms in total. The summed E-state index contributed by atoms with van der Waals surface area (Å²) in [5, 5.41) is 4.80. The molecular weight excluding hydrogens is 596 g/mol. The van der Waals surface area contributed by atoms with Gasteiger partial charge in [-0.2, -0.15) is 13.2 Å². The van der Waals surface area contributed by atoms with Gasteiger partial charge >= 0.3 is 6.18 Å². The highest BCUT2D eigenvalue weighted by atomic mass is 35.5. The van der Waals surface area contributed by atoms with Gasteiger partial charge in [-0.3, -0.25) is 4.79 Å².